The average Bonchev–Trinajstić information content (AvgIpc) is 3.09. The van der Waals surface area contributed by atoms with E-state index in [-0.39, 0.29) is 18.6 Å². The molecule has 4 nitrogen and oxygen atoms in total. The highest BCUT2D eigenvalue weighted by Gasteiger charge is 2.19. The topological polar surface area (TPSA) is 58.0 Å². The number of hydrogen-bond donors (Lipinski definition) is 2. The molecule has 2 atom stereocenters. The molecule has 1 heterocycles. The first-order valence-corrected chi connectivity index (χ1v) is 8.21. The van der Waals surface area contributed by atoms with Crippen LogP contribution in [0.1, 0.15) is 6.42 Å². The van der Waals surface area contributed by atoms with Crippen LogP contribution in [-0.4, -0.2) is 27.7 Å². The van der Waals surface area contributed by atoms with Crippen LogP contribution in [-0.2, 0) is 0 Å². The van der Waals surface area contributed by atoms with Crippen LogP contribution in [0.5, 0.6) is 0 Å². The molecule has 1 aromatic heterocycles. The second-order valence-electron chi connectivity index (χ2n) is 6.09. The van der Waals surface area contributed by atoms with E-state index < -0.39 is 0 Å². The van der Waals surface area contributed by atoms with Gasteiger partial charge in [-0.3, -0.25) is 0 Å². The standard InChI is InChI=1S/C20H19N3O/c24-13-14-10-11-16(12-14)21-20-22-18-9-5-4-8-17(18)19(23-20)15-6-2-1-3-7-15/h1-11,14,16,24H,12-13H2,(H,21,22,23)/t14-,16+/m0/s1. The molecule has 2 aromatic carbocycles. The molecule has 0 spiro atoms. The van der Waals surface area contributed by atoms with Crippen LogP contribution >= 0.6 is 0 Å². The Morgan fingerprint density at radius 3 is 2.54 bits per heavy atom. The van der Waals surface area contributed by atoms with Gasteiger partial charge in [0.1, 0.15) is 0 Å². The fourth-order valence-electron chi connectivity index (χ4n) is 3.14. The van der Waals surface area contributed by atoms with Crippen molar-refractivity contribution in [2.75, 3.05) is 11.9 Å². The number of anilines is 1. The Balaban J connectivity index is 1.74. The average molecular weight is 317 g/mol. The smallest absolute Gasteiger partial charge is 0.224 e. The van der Waals surface area contributed by atoms with E-state index in [0.29, 0.717) is 5.95 Å². The lowest BCUT2D eigenvalue weighted by Crippen LogP contribution is -2.18. The van der Waals surface area contributed by atoms with Crippen molar-refractivity contribution in [3.8, 4) is 11.3 Å². The van der Waals surface area contributed by atoms with Crippen molar-refractivity contribution >= 4 is 16.9 Å². The molecule has 24 heavy (non-hydrogen) atoms. The lowest BCUT2D eigenvalue weighted by Gasteiger charge is -2.15. The van der Waals surface area contributed by atoms with Crippen LogP contribution in [0, 0.1) is 5.92 Å². The van der Waals surface area contributed by atoms with E-state index >= 15 is 0 Å². The molecule has 0 bridgehead atoms. The Hall–Kier alpha value is -2.72. The van der Waals surface area contributed by atoms with Gasteiger partial charge in [-0.15, -0.1) is 0 Å². The summed E-state index contributed by atoms with van der Waals surface area (Å²) in [6.45, 7) is 0.183. The molecule has 1 aliphatic rings. The molecule has 0 fully saturated rings. The summed E-state index contributed by atoms with van der Waals surface area (Å²) in [5.41, 5.74) is 2.94. The van der Waals surface area contributed by atoms with E-state index in [0.717, 1.165) is 28.6 Å². The zero-order valence-electron chi connectivity index (χ0n) is 13.3. The molecule has 120 valence electrons. The highest BCUT2D eigenvalue weighted by molar-refractivity contribution is 5.93. The zero-order chi connectivity index (χ0) is 16.4. The lowest BCUT2D eigenvalue weighted by atomic mass is 10.1. The van der Waals surface area contributed by atoms with Gasteiger partial charge in [0, 0.05) is 29.5 Å². The van der Waals surface area contributed by atoms with Gasteiger partial charge in [-0.2, -0.15) is 0 Å². The van der Waals surface area contributed by atoms with Crippen molar-refractivity contribution in [1.29, 1.82) is 0 Å². The number of benzene rings is 2. The lowest BCUT2D eigenvalue weighted by molar-refractivity contribution is 0.250. The second-order valence-corrected chi connectivity index (χ2v) is 6.09. The third-order valence-corrected chi connectivity index (χ3v) is 4.37. The van der Waals surface area contributed by atoms with Crippen LogP contribution < -0.4 is 5.32 Å². The van der Waals surface area contributed by atoms with Gasteiger partial charge in [0.15, 0.2) is 0 Å². The van der Waals surface area contributed by atoms with Gasteiger partial charge >= 0.3 is 0 Å². The Kier molecular flexibility index (Phi) is 3.97. The van der Waals surface area contributed by atoms with Crippen molar-refractivity contribution in [3.05, 3.63) is 66.7 Å². The van der Waals surface area contributed by atoms with E-state index in [4.69, 9.17) is 4.98 Å². The van der Waals surface area contributed by atoms with Crippen molar-refractivity contribution in [2.24, 2.45) is 5.92 Å². The summed E-state index contributed by atoms with van der Waals surface area (Å²) in [6.07, 6.45) is 5.01. The Labute approximate surface area is 140 Å². The van der Waals surface area contributed by atoms with Crippen LogP contribution in [0.15, 0.2) is 66.7 Å². The van der Waals surface area contributed by atoms with Crippen LogP contribution in [0.4, 0.5) is 5.95 Å². The number of aliphatic hydroxyl groups is 1. The Morgan fingerprint density at radius 2 is 1.75 bits per heavy atom. The van der Waals surface area contributed by atoms with Gasteiger partial charge in [-0.25, -0.2) is 9.97 Å². The van der Waals surface area contributed by atoms with E-state index in [1.165, 1.54) is 0 Å². The molecule has 3 aromatic rings. The third-order valence-electron chi connectivity index (χ3n) is 4.37. The van der Waals surface area contributed by atoms with Crippen molar-refractivity contribution in [1.82, 2.24) is 9.97 Å². The zero-order valence-corrected chi connectivity index (χ0v) is 13.3. The molecule has 0 radical (unpaired) electrons. The fourth-order valence-corrected chi connectivity index (χ4v) is 3.14. The van der Waals surface area contributed by atoms with Gasteiger partial charge in [-0.1, -0.05) is 60.7 Å². The number of para-hydroxylation sites is 1. The molecule has 2 N–H and O–H groups in total. The predicted molar refractivity (Wildman–Crippen MR) is 96.7 cm³/mol. The first kappa shape index (κ1) is 14.8. The minimum Gasteiger partial charge on any atom is -0.396 e. The summed E-state index contributed by atoms with van der Waals surface area (Å²) in [4.78, 5) is 9.42. The largest absolute Gasteiger partial charge is 0.396 e. The minimum absolute atomic E-state index is 0.159. The Bertz CT molecular complexity index is 876. The Morgan fingerprint density at radius 1 is 0.958 bits per heavy atom. The van der Waals surface area contributed by atoms with E-state index in [9.17, 15) is 5.11 Å². The number of rotatable bonds is 4. The number of aromatic nitrogens is 2. The highest BCUT2D eigenvalue weighted by atomic mass is 16.3. The van der Waals surface area contributed by atoms with Gasteiger partial charge in [0.2, 0.25) is 5.95 Å². The SMILES string of the molecule is OC[C@H]1C=C[C@@H](Nc2nc(-c3ccccc3)c3ccccc3n2)C1. The molecule has 0 amide bonds. The minimum atomic E-state index is 0.159. The van der Waals surface area contributed by atoms with Gasteiger partial charge < -0.3 is 10.4 Å². The van der Waals surface area contributed by atoms with Gasteiger partial charge in [0.05, 0.1) is 11.2 Å². The molecular formula is C20H19N3O. The number of hydrogen-bond acceptors (Lipinski definition) is 4. The van der Waals surface area contributed by atoms with Crippen LogP contribution in [0.3, 0.4) is 0 Å². The van der Waals surface area contributed by atoms with Crippen LogP contribution in [0.25, 0.3) is 22.2 Å². The van der Waals surface area contributed by atoms with E-state index in [1.807, 2.05) is 36.4 Å². The summed E-state index contributed by atoms with van der Waals surface area (Å²) in [5, 5.41) is 13.7. The maximum absolute atomic E-state index is 9.27. The highest BCUT2D eigenvalue weighted by Crippen LogP contribution is 2.28. The molecule has 1 aliphatic carbocycles. The number of aliphatic hydroxyl groups excluding tert-OH is 1. The molecule has 0 saturated carbocycles. The quantitative estimate of drug-likeness (QED) is 0.721. The normalized spacial score (nSPS) is 19.7. The van der Waals surface area contributed by atoms with E-state index in [2.05, 4.69) is 40.7 Å². The molecular weight excluding hydrogens is 298 g/mol. The summed E-state index contributed by atoms with van der Waals surface area (Å²) in [5.74, 6) is 0.845. The summed E-state index contributed by atoms with van der Waals surface area (Å²) >= 11 is 0. The molecule has 0 unspecified atom stereocenters. The molecule has 4 rings (SSSR count). The predicted octanol–water partition coefficient (Wildman–Crippen LogP) is 3.65. The second kappa shape index (κ2) is 6.42. The van der Waals surface area contributed by atoms with Gasteiger partial charge in [0.25, 0.3) is 0 Å². The number of nitrogens with zero attached hydrogens (tertiary/aromatic N) is 2. The van der Waals surface area contributed by atoms with E-state index in [1.54, 1.807) is 0 Å². The van der Waals surface area contributed by atoms with Crippen molar-refractivity contribution < 1.29 is 5.11 Å². The summed E-state index contributed by atoms with van der Waals surface area (Å²) < 4.78 is 0. The molecule has 0 saturated heterocycles. The molecule has 0 aliphatic heterocycles. The first-order chi connectivity index (χ1) is 11.8. The maximum atomic E-state index is 9.27. The number of nitrogens with one attached hydrogen (secondary N) is 1. The maximum Gasteiger partial charge on any atom is 0.224 e. The van der Waals surface area contributed by atoms with Crippen molar-refractivity contribution in [3.63, 3.8) is 0 Å². The first-order valence-electron chi connectivity index (χ1n) is 8.21. The summed E-state index contributed by atoms with van der Waals surface area (Å²) in [6, 6.07) is 18.4. The third kappa shape index (κ3) is 2.88. The summed E-state index contributed by atoms with van der Waals surface area (Å²) in [7, 11) is 0. The monoisotopic (exact) mass is 317 g/mol. The van der Waals surface area contributed by atoms with Gasteiger partial charge in [-0.05, 0) is 12.5 Å². The number of fused-ring (bicyclic) bond motifs is 1. The molecule has 4 heteroatoms. The van der Waals surface area contributed by atoms with Crippen LogP contribution in [0.2, 0.25) is 0 Å². The van der Waals surface area contributed by atoms with Crippen molar-refractivity contribution in [2.45, 2.75) is 12.5 Å². The fraction of sp³-hybridized carbons (Fsp3) is 0.200.